The number of carboxylic acids is 1. The molecule has 3 amide bonds. The second kappa shape index (κ2) is 33.9. The fraction of sp³-hybridized carbons (Fsp3) is 0.339. The van der Waals surface area contributed by atoms with Crippen LogP contribution in [-0.4, -0.2) is 129 Å². The first-order valence-corrected chi connectivity index (χ1v) is 29.9. The monoisotopic (exact) mass is 1210 g/mol. The smallest absolute Gasteiger partial charge is 0.372 e. The van der Waals surface area contributed by atoms with Gasteiger partial charge in [-0.25, -0.2) is 4.79 Å². The van der Waals surface area contributed by atoms with Crippen LogP contribution in [0, 0.1) is 26.2 Å². The van der Waals surface area contributed by atoms with Gasteiger partial charge in [-0.05, 0) is 123 Å². The third kappa shape index (κ3) is 21.3. The Balaban J connectivity index is 0.000000271. The molecule has 0 saturated heterocycles. The van der Waals surface area contributed by atoms with E-state index in [1.54, 1.807) is 106 Å². The molecule has 0 saturated carbocycles. The van der Waals surface area contributed by atoms with E-state index in [2.05, 4.69) is 34.7 Å². The molecular formula is C62H73ClN4O13S3. The standard InChI is InChI=1S/C25H28N2O4S.C20H20ClNO5S.C17H25NO4S/c1-4-27(5-2)14-15-32-25(30)31-22-16-20(23(28)19-12-8-7-11-18(19)22)24(29)26-21-13-9-6-10-17(21)3;1-12-3-8-15(21)16(11-12)22-20(26)19(28-10-9-17(23)24)18(25)13-4-6-14(27-2)7-5-13;1-11-6-7-13(22-5)12(10-11)18-16(21)14(23-9-8-19)15(20)17(2,3)4/h6-13,16,28H,4-5,14-15H2,1-3H3,(H,26,29);3-8,11,19H,9-10H2,1-2H3,(H,22,26)(H,23,24);6-7,10,14,19H,8-9H2,1-5H3,(H,18,21). The van der Waals surface area contributed by atoms with Gasteiger partial charge in [0, 0.05) is 51.2 Å². The average Bonchev–Trinajstić information content (AvgIpc) is 3.63. The first-order chi connectivity index (χ1) is 39.5. The molecule has 0 bridgehead atoms. The van der Waals surface area contributed by atoms with Crippen LogP contribution in [0.4, 0.5) is 21.9 Å². The molecule has 0 aliphatic heterocycles. The highest BCUT2D eigenvalue weighted by Gasteiger charge is 2.35. The SMILES string of the molecule is CCN(CC)CCSC(=O)Oc1cc(C(=O)Nc2ccccc2C)c(O)c2ccccc12.COc1ccc(C(=O)C(SCCC(=O)O)C(=O)Nc2cc(C)ccc2Cl)cc1.COc1ccc(C)cc1NC(=O)C(SCCO)C(=O)C(C)(C)C. The number of benzene rings is 6. The molecule has 0 aromatic heterocycles. The number of nitrogens with zero attached hydrogens (tertiary/aromatic N) is 1. The molecule has 0 aliphatic rings. The van der Waals surface area contributed by atoms with Crippen molar-refractivity contribution in [2.45, 2.75) is 72.3 Å². The Kier molecular flexibility index (Phi) is 27.9. The summed E-state index contributed by atoms with van der Waals surface area (Å²) < 4.78 is 15.9. The molecule has 0 radical (unpaired) electrons. The van der Waals surface area contributed by atoms with E-state index in [-0.39, 0.29) is 41.6 Å². The molecule has 6 aromatic rings. The lowest BCUT2D eigenvalue weighted by Gasteiger charge is -2.24. The van der Waals surface area contributed by atoms with Gasteiger partial charge in [0.05, 0.1) is 49.2 Å². The summed E-state index contributed by atoms with van der Waals surface area (Å²) in [5.41, 5.74) is 4.10. The Morgan fingerprint density at radius 2 is 1.25 bits per heavy atom. The molecule has 0 aliphatic carbocycles. The van der Waals surface area contributed by atoms with Crippen LogP contribution in [0.5, 0.6) is 23.0 Å². The molecule has 2 unspecified atom stereocenters. The Bertz CT molecular complexity index is 3210. The number of rotatable bonds is 24. The number of aliphatic carboxylic acids is 1. The van der Waals surface area contributed by atoms with Crippen molar-refractivity contribution in [2.75, 3.05) is 73.7 Å². The number of carboxylic acid groups (broad SMARTS) is 1. The van der Waals surface area contributed by atoms with Crippen LogP contribution in [0.25, 0.3) is 10.8 Å². The van der Waals surface area contributed by atoms with Crippen LogP contribution in [0.3, 0.4) is 0 Å². The van der Waals surface area contributed by atoms with E-state index in [0.29, 0.717) is 61.4 Å². The number of aliphatic hydroxyl groups excluding tert-OH is 1. The Morgan fingerprint density at radius 1 is 0.663 bits per heavy atom. The lowest BCUT2D eigenvalue weighted by molar-refractivity contribution is -0.136. The minimum atomic E-state index is -1.11. The molecule has 0 heterocycles. The van der Waals surface area contributed by atoms with E-state index in [4.69, 9.17) is 36.0 Å². The molecule has 6 aromatic carbocycles. The summed E-state index contributed by atoms with van der Waals surface area (Å²) in [6.07, 6.45) is -0.157. The number of Topliss-reactive ketones (excluding diaryl/α,β-unsaturated/α-hetero) is 2. The average molecular weight is 1210 g/mol. The van der Waals surface area contributed by atoms with Gasteiger partial charge in [-0.15, -0.1) is 23.5 Å². The lowest BCUT2D eigenvalue weighted by atomic mass is 9.88. The molecule has 6 N–H and O–H groups in total. The van der Waals surface area contributed by atoms with Crippen LogP contribution in [0.1, 0.15) is 78.4 Å². The molecule has 0 spiro atoms. The number of anilines is 3. The van der Waals surface area contributed by atoms with Crippen LogP contribution in [0.2, 0.25) is 5.02 Å². The number of para-hydroxylation sites is 1. The van der Waals surface area contributed by atoms with Crippen molar-refractivity contribution in [3.05, 3.63) is 148 Å². The summed E-state index contributed by atoms with van der Waals surface area (Å²) in [4.78, 5) is 89.3. The van der Waals surface area contributed by atoms with Crippen LogP contribution in [0.15, 0.2) is 115 Å². The number of ether oxygens (including phenoxy) is 3. The van der Waals surface area contributed by atoms with Gasteiger partial charge in [0.1, 0.15) is 33.5 Å². The van der Waals surface area contributed by atoms with Gasteiger partial charge in [0.25, 0.3) is 5.91 Å². The van der Waals surface area contributed by atoms with Crippen LogP contribution in [-0.2, 0) is 19.2 Å². The number of thioether (sulfide) groups is 3. The summed E-state index contributed by atoms with van der Waals surface area (Å²) in [6.45, 7) is 17.7. The number of methoxy groups -OCH3 is 2. The molecule has 83 heavy (non-hydrogen) atoms. The predicted molar refractivity (Wildman–Crippen MR) is 336 cm³/mol. The number of carbonyl (C=O) groups is 7. The third-order valence-electron chi connectivity index (χ3n) is 12.4. The minimum absolute atomic E-state index is 0.0443. The Labute approximate surface area is 503 Å². The molecule has 444 valence electrons. The topological polar surface area (TPSA) is 247 Å². The minimum Gasteiger partial charge on any atom is -0.506 e. The lowest BCUT2D eigenvalue weighted by Crippen LogP contribution is -2.39. The van der Waals surface area contributed by atoms with Gasteiger partial charge in [0.15, 0.2) is 11.6 Å². The molecule has 2 atom stereocenters. The maximum atomic E-state index is 13.0. The van der Waals surface area contributed by atoms with Crippen molar-refractivity contribution in [2.24, 2.45) is 5.41 Å². The zero-order chi connectivity index (χ0) is 61.4. The Hall–Kier alpha value is -7.07. The summed E-state index contributed by atoms with van der Waals surface area (Å²) in [5, 5.41) is 35.8. The summed E-state index contributed by atoms with van der Waals surface area (Å²) in [5.74, 6) is -0.733. The van der Waals surface area contributed by atoms with Gasteiger partial charge in [-0.3, -0.25) is 28.8 Å². The number of hydrogen-bond donors (Lipinski definition) is 6. The predicted octanol–water partition coefficient (Wildman–Crippen LogP) is 12.4. The van der Waals surface area contributed by atoms with E-state index in [0.717, 1.165) is 71.6 Å². The fourth-order valence-corrected chi connectivity index (χ4v) is 10.6. The number of hydrogen-bond acceptors (Lipinski definition) is 16. The first-order valence-electron chi connectivity index (χ1n) is 26.5. The third-order valence-corrected chi connectivity index (χ3v) is 15.8. The van der Waals surface area contributed by atoms with Crippen molar-refractivity contribution in [3.8, 4) is 23.0 Å². The van der Waals surface area contributed by atoms with Gasteiger partial charge in [0.2, 0.25) is 11.8 Å². The van der Waals surface area contributed by atoms with Crippen LogP contribution < -0.4 is 30.2 Å². The second-order valence-corrected chi connectivity index (χ2v) is 23.4. The zero-order valence-corrected chi connectivity index (χ0v) is 51.5. The van der Waals surface area contributed by atoms with Gasteiger partial charge in [-0.2, -0.15) is 0 Å². The highest BCUT2D eigenvalue weighted by atomic mass is 35.5. The van der Waals surface area contributed by atoms with E-state index in [9.17, 15) is 38.7 Å². The van der Waals surface area contributed by atoms with Gasteiger partial charge < -0.3 is 50.4 Å². The van der Waals surface area contributed by atoms with Crippen molar-refractivity contribution < 1.29 is 63.1 Å². The van der Waals surface area contributed by atoms with Crippen molar-refractivity contribution in [3.63, 3.8) is 0 Å². The number of fused-ring (bicyclic) bond motifs is 1. The number of aromatic hydroxyl groups is 1. The van der Waals surface area contributed by atoms with E-state index < -0.39 is 50.7 Å². The van der Waals surface area contributed by atoms with Crippen molar-refractivity contribution >= 4 is 115 Å². The number of phenolic OH excluding ortho intramolecular Hbond substituents is 1. The van der Waals surface area contributed by atoms with Crippen molar-refractivity contribution in [1.29, 1.82) is 0 Å². The molecule has 0 fully saturated rings. The number of nitrogens with one attached hydrogen (secondary N) is 3. The normalized spacial score (nSPS) is 11.6. The number of amides is 3. The molecule has 17 nitrogen and oxygen atoms in total. The van der Waals surface area contributed by atoms with E-state index >= 15 is 0 Å². The quantitative estimate of drug-likeness (QED) is 0.0187. The highest BCUT2D eigenvalue weighted by Crippen LogP contribution is 2.38. The number of halogens is 1. The molecule has 6 rings (SSSR count). The molecular weight excluding hydrogens is 1140 g/mol. The maximum absolute atomic E-state index is 13.0. The second-order valence-electron chi connectivity index (χ2n) is 19.6. The number of carbonyl (C=O) groups excluding carboxylic acids is 6. The number of phenols is 1. The Morgan fingerprint density at radius 3 is 1.86 bits per heavy atom. The van der Waals surface area contributed by atoms with Gasteiger partial charge in [-0.1, -0.05) is 101 Å². The number of ketones is 2. The summed E-state index contributed by atoms with van der Waals surface area (Å²) in [6, 6.07) is 32.8. The largest absolute Gasteiger partial charge is 0.506 e. The van der Waals surface area contributed by atoms with E-state index in [1.807, 2.05) is 45.0 Å². The summed E-state index contributed by atoms with van der Waals surface area (Å²) in [7, 11) is 3.04. The summed E-state index contributed by atoms with van der Waals surface area (Å²) >= 11 is 9.35. The highest BCUT2D eigenvalue weighted by molar-refractivity contribution is 8.13. The number of aryl methyl sites for hydroxylation is 3. The van der Waals surface area contributed by atoms with E-state index in [1.165, 1.54) is 20.3 Å². The maximum Gasteiger partial charge on any atom is 0.372 e. The fourth-order valence-electron chi connectivity index (χ4n) is 7.73. The number of aliphatic hydroxyl groups is 1. The zero-order valence-electron chi connectivity index (χ0n) is 48.3. The molecule has 21 heteroatoms. The van der Waals surface area contributed by atoms with Crippen molar-refractivity contribution in [1.82, 2.24) is 4.90 Å². The van der Waals surface area contributed by atoms with Gasteiger partial charge >= 0.3 is 11.3 Å². The first kappa shape index (κ1) is 68.4. The van der Waals surface area contributed by atoms with Crippen LogP contribution >= 0.6 is 46.9 Å².